The van der Waals surface area contributed by atoms with Crippen LogP contribution in [0.5, 0.6) is 0 Å². The van der Waals surface area contributed by atoms with Crippen LogP contribution < -0.4 is 5.73 Å². The number of rotatable bonds is 3. The maximum Gasteiger partial charge on any atom is 0.0465 e. The van der Waals surface area contributed by atoms with Gasteiger partial charge in [-0.05, 0) is 29.7 Å². The summed E-state index contributed by atoms with van der Waals surface area (Å²) >= 11 is 12.6. The van der Waals surface area contributed by atoms with Gasteiger partial charge in [0, 0.05) is 41.3 Å². The zero-order valence-electron chi connectivity index (χ0n) is 11.7. The van der Waals surface area contributed by atoms with Crippen molar-refractivity contribution in [1.82, 2.24) is 4.90 Å². The van der Waals surface area contributed by atoms with Crippen LogP contribution in [-0.4, -0.2) is 17.5 Å². The first-order chi connectivity index (χ1) is 10.2. The topological polar surface area (TPSA) is 29.3 Å². The number of nitrogens with two attached hydrogens (primary N) is 1. The van der Waals surface area contributed by atoms with Crippen LogP contribution in [-0.2, 0) is 19.5 Å². The van der Waals surface area contributed by atoms with Gasteiger partial charge >= 0.3 is 0 Å². The van der Waals surface area contributed by atoms with Gasteiger partial charge in [-0.3, -0.25) is 4.90 Å². The van der Waals surface area contributed by atoms with Gasteiger partial charge in [0.15, 0.2) is 0 Å². The van der Waals surface area contributed by atoms with E-state index in [1.54, 1.807) is 0 Å². The van der Waals surface area contributed by atoms with Crippen molar-refractivity contribution in [2.75, 3.05) is 6.54 Å². The minimum Gasteiger partial charge on any atom is -0.329 e. The van der Waals surface area contributed by atoms with E-state index in [9.17, 15) is 0 Å². The Hall–Kier alpha value is -1.06. The molecular weight excluding hydrogens is 303 g/mol. The fraction of sp³-hybridized carbons (Fsp3) is 0.294. The second-order valence-electron chi connectivity index (χ2n) is 5.47. The minimum atomic E-state index is 0.326. The minimum absolute atomic E-state index is 0.326. The molecule has 0 amide bonds. The van der Waals surface area contributed by atoms with Gasteiger partial charge in [0.05, 0.1) is 0 Å². The third-order valence-electron chi connectivity index (χ3n) is 4.16. The van der Waals surface area contributed by atoms with E-state index in [0.29, 0.717) is 12.6 Å². The summed E-state index contributed by atoms with van der Waals surface area (Å²) < 4.78 is 0. The van der Waals surface area contributed by atoms with E-state index < -0.39 is 0 Å². The fourth-order valence-electron chi connectivity index (χ4n) is 2.95. The van der Waals surface area contributed by atoms with Crippen LogP contribution >= 0.6 is 23.2 Å². The zero-order valence-corrected chi connectivity index (χ0v) is 13.2. The molecular formula is C17H18Cl2N2. The lowest BCUT2D eigenvalue weighted by Crippen LogP contribution is -2.44. The fourth-order valence-corrected chi connectivity index (χ4v) is 3.46. The summed E-state index contributed by atoms with van der Waals surface area (Å²) in [7, 11) is 0. The van der Waals surface area contributed by atoms with E-state index in [0.717, 1.165) is 35.1 Å². The molecule has 1 aliphatic rings. The average Bonchev–Trinajstić information content (AvgIpc) is 2.50. The van der Waals surface area contributed by atoms with E-state index in [-0.39, 0.29) is 0 Å². The van der Waals surface area contributed by atoms with Crippen LogP contribution in [0.3, 0.4) is 0 Å². The van der Waals surface area contributed by atoms with E-state index in [1.807, 2.05) is 18.2 Å². The normalized spacial score (nSPS) is 18.5. The van der Waals surface area contributed by atoms with Crippen molar-refractivity contribution in [3.8, 4) is 0 Å². The highest BCUT2D eigenvalue weighted by Crippen LogP contribution is 2.30. The number of fused-ring (bicyclic) bond motifs is 1. The summed E-state index contributed by atoms with van der Waals surface area (Å²) in [4.78, 5) is 2.37. The Morgan fingerprint density at radius 3 is 2.33 bits per heavy atom. The third-order valence-corrected chi connectivity index (χ3v) is 4.87. The molecule has 0 radical (unpaired) electrons. The number of hydrogen-bond donors (Lipinski definition) is 1. The molecule has 4 heteroatoms. The molecule has 2 aromatic carbocycles. The molecule has 3 rings (SSSR count). The van der Waals surface area contributed by atoms with Crippen molar-refractivity contribution in [1.29, 1.82) is 0 Å². The Balaban J connectivity index is 1.88. The third kappa shape index (κ3) is 3.09. The largest absolute Gasteiger partial charge is 0.329 e. The highest BCUT2D eigenvalue weighted by molar-refractivity contribution is 6.35. The predicted octanol–water partition coefficient (Wildman–Crippen LogP) is 3.88. The maximum atomic E-state index is 6.30. The lowest BCUT2D eigenvalue weighted by Gasteiger charge is -2.36. The van der Waals surface area contributed by atoms with E-state index >= 15 is 0 Å². The van der Waals surface area contributed by atoms with Crippen LogP contribution in [0.15, 0.2) is 42.5 Å². The highest BCUT2D eigenvalue weighted by atomic mass is 35.5. The van der Waals surface area contributed by atoms with Crippen molar-refractivity contribution >= 4 is 23.2 Å². The molecule has 1 unspecified atom stereocenters. The molecule has 1 aliphatic heterocycles. The summed E-state index contributed by atoms with van der Waals surface area (Å²) in [6.07, 6.45) is 0.981. The molecule has 0 aromatic heterocycles. The smallest absolute Gasteiger partial charge is 0.0465 e. The zero-order chi connectivity index (χ0) is 14.8. The summed E-state index contributed by atoms with van der Waals surface area (Å²) in [5.41, 5.74) is 9.72. The molecule has 0 saturated heterocycles. The number of halogens is 2. The van der Waals surface area contributed by atoms with Crippen LogP contribution in [0.2, 0.25) is 10.0 Å². The molecule has 21 heavy (non-hydrogen) atoms. The van der Waals surface area contributed by atoms with Gasteiger partial charge in [-0.25, -0.2) is 0 Å². The number of hydrogen-bond acceptors (Lipinski definition) is 2. The Morgan fingerprint density at radius 2 is 1.67 bits per heavy atom. The average molecular weight is 321 g/mol. The van der Waals surface area contributed by atoms with Crippen LogP contribution in [0.1, 0.15) is 16.7 Å². The van der Waals surface area contributed by atoms with Gasteiger partial charge < -0.3 is 5.73 Å². The maximum absolute atomic E-state index is 6.30. The molecule has 0 aliphatic carbocycles. The molecule has 2 nitrogen and oxygen atoms in total. The lowest BCUT2D eigenvalue weighted by molar-refractivity contribution is 0.167. The SMILES string of the molecule is NCC1Cc2ccccc2CN1Cc1c(Cl)cccc1Cl. The lowest BCUT2D eigenvalue weighted by atomic mass is 9.93. The Morgan fingerprint density at radius 1 is 1.00 bits per heavy atom. The van der Waals surface area contributed by atoms with E-state index in [4.69, 9.17) is 28.9 Å². The van der Waals surface area contributed by atoms with Crippen LogP contribution in [0, 0.1) is 0 Å². The molecule has 1 atom stereocenters. The van der Waals surface area contributed by atoms with Gasteiger partial charge in [-0.15, -0.1) is 0 Å². The van der Waals surface area contributed by atoms with Crippen molar-refractivity contribution in [2.24, 2.45) is 5.73 Å². The second kappa shape index (κ2) is 6.37. The van der Waals surface area contributed by atoms with Crippen LogP contribution in [0.25, 0.3) is 0 Å². The first-order valence-corrected chi connectivity index (χ1v) is 7.88. The van der Waals surface area contributed by atoms with Crippen molar-refractivity contribution in [2.45, 2.75) is 25.6 Å². The van der Waals surface area contributed by atoms with Crippen molar-refractivity contribution < 1.29 is 0 Å². The Kier molecular flexibility index (Phi) is 4.51. The molecule has 0 bridgehead atoms. The molecule has 110 valence electrons. The Labute approximate surface area is 135 Å². The molecule has 2 aromatic rings. The summed E-state index contributed by atoms with van der Waals surface area (Å²) in [5.74, 6) is 0. The molecule has 0 fully saturated rings. The second-order valence-corrected chi connectivity index (χ2v) is 6.28. The van der Waals surface area contributed by atoms with E-state index in [2.05, 4.69) is 29.2 Å². The standard InChI is InChI=1S/C17H18Cl2N2/c18-16-6-3-7-17(19)15(16)11-21-10-13-5-2-1-4-12(13)8-14(21)9-20/h1-7,14H,8-11,20H2. The number of benzene rings is 2. The van der Waals surface area contributed by atoms with Gasteiger partial charge in [0.1, 0.15) is 0 Å². The quantitative estimate of drug-likeness (QED) is 0.929. The highest BCUT2D eigenvalue weighted by Gasteiger charge is 2.25. The predicted molar refractivity (Wildman–Crippen MR) is 88.7 cm³/mol. The summed E-state index contributed by atoms with van der Waals surface area (Å²) in [5, 5.41) is 1.44. The number of nitrogens with zero attached hydrogens (tertiary/aromatic N) is 1. The monoisotopic (exact) mass is 320 g/mol. The summed E-state index contributed by atoms with van der Waals surface area (Å²) in [6.45, 7) is 2.25. The summed E-state index contributed by atoms with van der Waals surface area (Å²) in [6, 6.07) is 14.5. The first kappa shape index (κ1) is 14.9. The van der Waals surface area contributed by atoms with Crippen LogP contribution in [0.4, 0.5) is 0 Å². The van der Waals surface area contributed by atoms with E-state index in [1.165, 1.54) is 11.1 Å². The molecule has 1 heterocycles. The van der Waals surface area contributed by atoms with Gasteiger partial charge in [-0.1, -0.05) is 53.5 Å². The molecule has 0 spiro atoms. The van der Waals surface area contributed by atoms with Crippen molar-refractivity contribution in [3.05, 3.63) is 69.2 Å². The van der Waals surface area contributed by atoms with Crippen molar-refractivity contribution in [3.63, 3.8) is 0 Å². The van der Waals surface area contributed by atoms with Gasteiger partial charge in [0.25, 0.3) is 0 Å². The van der Waals surface area contributed by atoms with Gasteiger partial charge in [0.2, 0.25) is 0 Å². The Bertz CT molecular complexity index is 622. The molecule has 0 saturated carbocycles. The van der Waals surface area contributed by atoms with Gasteiger partial charge in [-0.2, -0.15) is 0 Å². The molecule has 2 N–H and O–H groups in total. The first-order valence-electron chi connectivity index (χ1n) is 7.13.